The van der Waals surface area contributed by atoms with Gasteiger partial charge in [-0.3, -0.25) is 9.69 Å². The smallest absolute Gasteiger partial charge is 0.223 e. The van der Waals surface area contributed by atoms with Crippen LogP contribution in [0.4, 0.5) is 5.82 Å². The van der Waals surface area contributed by atoms with E-state index in [0.29, 0.717) is 30.7 Å². The summed E-state index contributed by atoms with van der Waals surface area (Å²) < 4.78 is 0. The molecule has 0 radical (unpaired) electrons. The number of nitrogens with zero attached hydrogens (tertiary/aromatic N) is 4. The van der Waals surface area contributed by atoms with Crippen molar-refractivity contribution in [1.29, 1.82) is 0 Å². The zero-order valence-corrected chi connectivity index (χ0v) is 18.0. The van der Waals surface area contributed by atoms with Gasteiger partial charge in [0.1, 0.15) is 11.6 Å². The fourth-order valence-electron chi connectivity index (χ4n) is 3.89. The molecule has 3 rings (SSSR count). The van der Waals surface area contributed by atoms with Crippen molar-refractivity contribution in [3.05, 3.63) is 53.5 Å². The molecule has 2 N–H and O–H groups in total. The molecule has 29 heavy (non-hydrogen) atoms. The number of carbonyl (C=O) groups is 1. The lowest BCUT2D eigenvalue weighted by molar-refractivity contribution is -0.130. The summed E-state index contributed by atoms with van der Waals surface area (Å²) in [5.74, 6) is 2.19. The van der Waals surface area contributed by atoms with Crippen LogP contribution in [0, 0.1) is 0 Å². The van der Waals surface area contributed by atoms with Crippen LogP contribution in [0.15, 0.2) is 36.5 Å². The molecule has 156 valence electrons. The van der Waals surface area contributed by atoms with E-state index in [-0.39, 0.29) is 11.8 Å². The van der Waals surface area contributed by atoms with Gasteiger partial charge < -0.3 is 10.6 Å². The third-order valence-electron chi connectivity index (χ3n) is 5.91. The van der Waals surface area contributed by atoms with Crippen LogP contribution in [0.5, 0.6) is 0 Å². The van der Waals surface area contributed by atoms with E-state index in [1.165, 1.54) is 11.1 Å². The quantitative estimate of drug-likeness (QED) is 0.777. The summed E-state index contributed by atoms with van der Waals surface area (Å²) in [7, 11) is 2.06. The summed E-state index contributed by atoms with van der Waals surface area (Å²) in [5, 5.41) is 0. The second-order valence-electron chi connectivity index (χ2n) is 8.52. The lowest BCUT2D eigenvalue weighted by Crippen LogP contribution is -2.36. The first-order valence-electron chi connectivity index (χ1n) is 10.5. The van der Waals surface area contributed by atoms with Gasteiger partial charge in [-0.15, -0.1) is 0 Å². The van der Waals surface area contributed by atoms with Gasteiger partial charge >= 0.3 is 0 Å². The second-order valence-corrected chi connectivity index (χ2v) is 8.52. The van der Waals surface area contributed by atoms with Gasteiger partial charge in [-0.05, 0) is 42.5 Å². The monoisotopic (exact) mass is 395 g/mol. The van der Waals surface area contributed by atoms with E-state index in [9.17, 15) is 4.79 Å². The molecule has 1 amide bonds. The second kappa shape index (κ2) is 9.35. The number of anilines is 1. The average Bonchev–Trinajstić information content (AvgIpc) is 3.18. The number of nitrogens with two attached hydrogens (primary N) is 1. The molecule has 0 saturated carbocycles. The van der Waals surface area contributed by atoms with Gasteiger partial charge in [-0.2, -0.15) is 0 Å². The van der Waals surface area contributed by atoms with E-state index in [0.717, 1.165) is 25.3 Å². The number of hydrogen-bond acceptors (Lipinski definition) is 5. The third kappa shape index (κ3) is 5.54. The highest BCUT2D eigenvalue weighted by Crippen LogP contribution is 2.24. The van der Waals surface area contributed by atoms with Gasteiger partial charge in [0, 0.05) is 31.7 Å². The molecule has 0 unspecified atom stereocenters. The van der Waals surface area contributed by atoms with Crippen LogP contribution in [0.3, 0.4) is 0 Å². The first-order chi connectivity index (χ1) is 13.8. The van der Waals surface area contributed by atoms with Crippen LogP contribution in [0.2, 0.25) is 0 Å². The van der Waals surface area contributed by atoms with E-state index >= 15 is 0 Å². The summed E-state index contributed by atoms with van der Waals surface area (Å²) in [6.07, 6.45) is 3.21. The zero-order valence-electron chi connectivity index (χ0n) is 18.0. The van der Waals surface area contributed by atoms with Gasteiger partial charge in [0.2, 0.25) is 5.91 Å². The Kier molecular flexibility index (Phi) is 6.85. The Morgan fingerprint density at radius 1 is 1.21 bits per heavy atom. The molecule has 1 aromatic heterocycles. The molecule has 2 atom stereocenters. The molecule has 1 saturated heterocycles. The summed E-state index contributed by atoms with van der Waals surface area (Å²) >= 11 is 0. The number of amides is 1. The molecule has 1 fully saturated rings. The van der Waals surface area contributed by atoms with Gasteiger partial charge in [0.15, 0.2) is 0 Å². The molecule has 0 bridgehead atoms. The fraction of sp³-hybridized carbons (Fsp3) is 0.522. The van der Waals surface area contributed by atoms with Gasteiger partial charge in [0.05, 0.1) is 6.54 Å². The molecule has 0 aliphatic carbocycles. The van der Waals surface area contributed by atoms with E-state index < -0.39 is 0 Å². The maximum absolute atomic E-state index is 12.8. The minimum absolute atomic E-state index is 0.223. The van der Waals surface area contributed by atoms with Crippen molar-refractivity contribution in [2.75, 3.05) is 25.9 Å². The maximum Gasteiger partial charge on any atom is 0.223 e. The Morgan fingerprint density at radius 3 is 2.55 bits per heavy atom. The van der Waals surface area contributed by atoms with Crippen molar-refractivity contribution >= 4 is 11.7 Å². The van der Waals surface area contributed by atoms with Crippen LogP contribution in [-0.2, 0) is 11.3 Å². The van der Waals surface area contributed by atoms with Crippen LogP contribution in [0.1, 0.15) is 62.4 Å². The molecule has 1 aromatic carbocycles. The number of likely N-dealkylation sites (tertiary alicyclic amines) is 1. The van der Waals surface area contributed by atoms with Crippen molar-refractivity contribution in [3.8, 4) is 0 Å². The summed E-state index contributed by atoms with van der Waals surface area (Å²) in [6, 6.07) is 10.7. The number of rotatable bonds is 7. The molecule has 2 aromatic rings. The van der Waals surface area contributed by atoms with Crippen LogP contribution >= 0.6 is 0 Å². The zero-order chi connectivity index (χ0) is 21.0. The number of likely N-dealkylation sites (N-methyl/N-ethyl adjacent to an activating group) is 1. The van der Waals surface area contributed by atoms with Crippen molar-refractivity contribution in [1.82, 2.24) is 19.8 Å². The molecule has 2 heterocycles. The average molecular weight is 396 g/mol. The SMILES string of the molecule is CC(C)c1ccc([C@@H](C)CC(=O)N2CC[C@@H](N(C)Cc3nccc(N)n3)C2)cc1. The van der Waals surface area contributed by atoms with E-state index in [2.05, 4.69) is 67.0 Å². The molecule has 0 spiro atoms. The molecule has 6 nitrogen and oxygen atoms in total. The molecular formula is C23H33N5O. The fourth-order valence-corrected chi connectivity index (χ4v) is 3.89. The van der Waals surface area contributed by atoms with Crippen molar-refractivity contribution in [3.63, 3.8) is 0 Å². The van der Waals surface area contributed by atoms with E-state index in [1.54, 1.807) is 12.3 Å². The van der Waals surface area contributed by atoms with Gasteiger partial charge in [0.25, 0.3) is 0 Å². The Labute approximate surface area is 174 Å². The normalized spacial score (nSPS) is 17.9. The number of benzene rings is 1. The van der Waals surface area contributed by atoms with Gasteiger partial charge in [-0.25, -0.2) is 9.97 Å². The largest absolute Gasteiger partial charge is 0.384 e. The summed E-state index contributed by atoms with van der Waals surface area (Å²) in [4.78, 5) is 25.6. The Hall–Kier alpha value is -2.47. The first kappa shape index (κ1) is 21.2. The highest BCUT2D eigenvalue weighted by atomic mass is 16.2. The highest BCUT2D eigenvalue weighted by Gasteiger charge is 2.29. The minimum Gasteiger partial charge on any atom is -0.384 e. The Morgan fingerprint density at radius 2 is 1.90 bits per heavy atom. The number of aromatic nitrogens is 2. The number of hydrogen-bond donors (Lipinski definition) is 1. The minimum atomic E-state index is 0.223. The maximum atomic E-state index is 12.8. The standard InChI is InChI=1S/C23H33N5O/c1-16(2)18-5-7-19(8-6-18)17(3)13-23(29)28-12-10-20(14-28)27(4)15-22-25-11-9-21(24)26-22/h5-9,11,16-17,20H,10,12-15H2,1-4H3,(H2,24,25,26)/t17-,20+/m0/s1. The molecule has 6 heteroatoms. The third-order valence-corrected chi connectivity index (χ3v) is 5.91. The van der Waals surface area contributed by atoms with Crippen LogP contribution in [-0.4, -0.2) is 51.9 Å². The predicted molar refractivity (Wildman–Crippen MR) is 116 cm³/mol. The highest BCUT2D eigenvalue weighted by molar-refractivity contribution is 5.77. The van der Waals surface area contributed by atoms with Crippen molar-refractivity contribution in [2.24, 2.45) is 0 Å². The number of carbonyl (C=O) groups excluding carboxylic acids is 1. The Bertz CT molecular complexity index is 820. The van der Waals surface area contributed by atoms with Crippen molar-refractivity contribution < 1.29 is 4.79 Å². The van der Waals surface area contributed by atoms with E-state index in [1.807, 2.05) is 4.90 Å². The van der Waals surface area contributed by atoms with Crippen LogP contribution < -0.4 is 5.73 Å². The van der Waals surface area contributed by atoms with E-state index in [4.69, 9.17) is 5.73 Å². The van der Waals surface area contributed by atoms with Crippen LogP contribution in [0.25, 0.3) is 0 Å². The van der Waals surface area contributed by atoms with Crippen molar-refractivity contribution in [2.45, 2.75) is 58.0 Å². The number of nitrogen functional groups attached to an aromatic ring is 1. The predicted octanol–water partition coefficient (Wildman–Crippen LogP) is 3.41. The molecule has 1 aliphatic rings. The first-order valence-corrected chi connectivity index (χ1v) is 10.5. The lowest BCUT2D eigenvalue weighted by Gasteiger charge is -2.24. The topological polar surface area (TPSA) is 75.4 Å². The van der Waals surface area contributed by atoms with Gasteiger partial charge in [-0.1, -0.05) is 45.0 Å². The summed E-state index contributed by atoms with van der Waals surface area (Å²) in [5.41, 5.74) is 8.31. The molecular weight excluding hydrogens is 362 g/mol. The molecule has 1 aliphatic heterocycles. The lowest BCUT2D eigenvalue weighted by atomic mass is 9.94. The summed E-state index contributed by atoms with van der Waals surface area (Å²) in [6.45, 7) is 8.74. The Balaban J connectivity index is 1.51.